The van der Waals surface area contributed by atoms with Crippen LogP contribution in [0.15, 0.2) is 55.6 Å². The largest absolute Gasteiger partial charge is 0.465 e. The fourth-order valence-electron chi connectivity index (χ4n) is 6.96. The van der Waals surface area contributed by atoms with E-state index in [4.69, 9.17) is 9.47 Å². The van der Waals surface area contributed by atoms with Gasteiger partial charge in [0.25, 0.3) is 0 Å². The Labute approximate surface area is 231 Å². The zero-order valence-electron chi connectivity index (χ0n) is 23.6. The minimum atomic E-state index is -1.21. The molecule has 0 saturated carbocycles. The highest BCUT2D eigenvalue weighted by Crippen LogP contribution is 2.65. The number of ether oxygens (including phenoxy) is 2. The molecule has 212 valence electrons. The Balaban J connectivity index is 1.87. The molecular formula is C31H42N2O6. The number of esters is 1. The molecule has 2 unspecified atom stereocenters. The van der Waals surface area contributed by atoms with Crippen molar-refractivity contribution in [1.82, 2.24) is 9.80 Å². The van der Waals surface area contributed by atoms with Crippen molar-refractivity contribution in [1.29, 1.82) is 0 Å². The SMILES string of the molecule is C=CCCOC(=O)[C@H]1[C@H]2C(=O)N([C@H](CO)c3ccccc3)C(C(=O)N(CC=C)C(C)(C)C)C23CC[C@]1(CC)O3. The summed E-state index contributed by atoms with van der Waals surface area (Å²) in [6.45, 7) is 15.4. The third kappa shape index (κ3) is 4.61. The number of hydrogen-bond donors (Lipinski definition) is 1. The van der Waals surface area contributed by atoms with Crippen molar-refractivity contribution in [3.8, 4) is 0 Å². The number of rotatable bonds is 11. The van der Waals surface area contributed by atoms with E-state index in [2.05, 4.69) is 13.2 Å². The topological polar surface area (TPSA) is 96.4 Å². The maximum atomic E-state index is 14.6. The molecule has 1 spiro atoms. The van der Waals surface area contributed by atoms with Gasteiger partial charge in [-0.1, -0.05) is 49.4 Å². The summed E-state index contributed by atoms with van der Waals surface area (Å²) in [5, 5.41) is 10.6. The van der Waals surface area contributed by atoms with Crippen LogP contribution in [0.1, 0.15) is 65.0 Å². The molecule has 2 bridgehead atoms. The molecule has 3 heterocycles. The Morgan fingerprint density at radius 3 is 2.49 bits per heavy atom. The molecule has 39 heavy (non-hydrogen) atoms. The van der Waals surface area contributed by atoms with Crippen LogP contribution < -0.4 is 0 Å². The summed E-state index contributed by atoms with van der Waals surface area (Å²) in [6, 6.07) is 7.39. The van der Waals surface area contributed by atoms with Crippen molar-refractivity contribution in [2.24, 2.45) is 11.8 Å². The van der Waals surface area contributed by atoms with Gasteiger partial charge in [0, 0.05) is 12.1 Å². The van der Waals surface area contributed by atoms with E-state index in [0.29, 0.717) is 31.2 Å². The van der Waals surface area contributed by atoms with Crippen LogP contribution in [0.4, 0.5) is 0 Å². The van der Waals surface area contributed by atoms with Crippen molar-refractivity contribution in [3.05, 3.63) is 61.2 Å². The van der Waals surface area contributed by atoms with Gasteiger partial charge in [-0.25, -0.2) is 0 Å². The van der Waals surface area contributed by atoms with Crippen LogP contribution in [0.3, 0.4) is 0 Å². The molecule has 1 aromatic rings. The van der Waals surface area contributed by atoms with Crippen LogP contribution in [-0.4, -0.2) is 75.2 Å². The first-order chi connectivity index (χ1) is 18.5. The number of benzene rings is 1. The lowest BCUT2D eigenvalue weighted by Gasteiger charge is -2.43. The summed E-state index contributed by atoms with van der Waals surface area (Å²) >= 11 is 0. The summed E-state index contributed by atoms with van der Waals surface area (Å²) in [6.07, 6.45) is 5.35. The number of hydrogen-bond acceptors (Lipinski definition) is 6. The standard InChI is InChI=1S/C31H42N2O6/c1-7-10-19-38-28(37)24-23-26(35)33(22(20-34)21-14-12-11-13-15-21)25(27(36)32(18-8-2)29(4,5)6)31(23)17-16-30(24,9-3)39-31/h7-8,11-15,22-25,34H,1-2,9-10,16-20H2,3-6H3/t22-,23+,24-,25?,30+,31?/m1/s1. The van der Waals surface area contributed by atoms with Crippen molar-refractivity contribution < 1.29 is 29.0 Å². The molecule has 8 nitrogen and oxygen atoms in total. The number of fused-ring (bicyclic) bond motifs is 1. The van der Waals surface area contributed by atoms with Crippen LogP contribution in [-0.2, 0) is 23.9 Å². The molecular weight excluding hydrogens is 496 g/mol. The third-order valence-electron chi connectivity index (χ3n) is 8.75. The van der Waals surface area contributed by atoms with Crippen LogP contribution in [0.5, 0.6) is 0 Å². The highest BCUT2D eigenvalue weighted by Gasteiger charge is 2.79. The van der Waals surface area contributed by atoms with E-state index in [0.717, 1.165) is 0 Å². The molecule has 8 heteroatoms. The lowest BCUT2D eigenvalue weighted by molar-refractivity contribution is -0.164. The molecule has 3 saturated heterocycles. The Kier molecular flexibility index (Phi) is 8.11. The smallest absolute Gasteiger partial charge is 0.312 e. The predicted molar refractivity (Wildman–Crippen MR) is 147 cm³/mol. The second-order valence-corrected chi connectivity index (χ2v) is 11.8. The molecule has 3 aliphatic heterocycles. The maximum absolute atomic E-state index is 14.6. The highest BCUT2D eigenvalue weighted by atomic mass is 16.6. The molecule has 6 atom stereocenters. The number of amides is 2. The number of aliphatic hydroxyl groups is 1. The average Bonchev–Trinajstić information content (AvgIpc) is 3.51. The van der Waals surface area contributed by atoms with Crippen LogP contribution >= 0.6 is 0 Å². The lowest BCUT2D eigenvalue weighted by atomic mass is 9.65. The maximum Gasteiger partial charge on any atom is 0.312 e. The van der Waals surface area contributed by atoms with Gasteiger partial charge in [0.2, 0.25) is 11.8 Å². The molecule has 3 fully saturated rings. The zero-order valence-corrected chi connectivity index (χ0v) is 23.6. The third-order valence-corrected chi connectivity index (χ3v) is 8.75. The first-order valence-electron chi connectivity index (χ1n) is 13.9. The number of likely N-dealkylation sites (tertiary alicyclic amines) is 1. The van der Waals surface area contributed by atoms with Gasteiger partial charge in [-0.15, -0.1) is 13.2 Å². The van der Waals surface area contributed by atoms with E-state index in [1.54, 1.807) is 17.1 Å². The number of aliphatic hydroxyl groups excluding tert-OH is 1. The van der Waals surface area contributed by atoms with Crippen molar-refractivity contribution >= 4 is 17.8 Å². The van der Waals surface area contributed by atoms with Gasteiger partial charge in [-0.2, -0.15) is 0 Å². The summed E-state index contributed by atoms with van der Waals surface area (Å²) in [5.74, 6) is -2.85. The summed E-state index contributed by atoms with van der Waals surface area (Å²) in [5.41, 5.74) is -1.96. The van der Waals surface area contributed by atoms with Gasteiger partial charge in [-0.3, -0.25) is 14.4 Å². The van der Waals surface area contributed by atoms with Crippen molar-refractivity contribution in [3.63, 3.8) is 0 Å². The summed E-state index contributed by atoms with van der Waals surface area (Å²) < 4.78 is 12.5. The summed E-state index contributed by atoms with van der Waals surface area (Å²) in [7, 11) is 0. The Bertz CT molecular complexity index is 1110. The zero-order chi connectivity index (χ0) is 28.6. The summed E-state index contributed by atoms with van der Waals surface area (Å²) in [4.78, 5) is 45.9. The van der Waals surface area contributed by atoms with Crippen LogP contribution in [0, 0.1) is 11.8 Å². The van der Waals surface area contributed by atoms with Gasteiger partial charge in [0.05, 0.1) is 30.8 Å². The van der Waals surface area contributed by atoms with E-state index >= 15 is 0 Å². The van der Waals surface area contributed by atoms with Gasteiger partial charge in [0.15, 0.2) is 0 Å². The normalized spacial score (nSPS) is 30.1. The predicted octanol–water partition coefficient (Wildman–Crippen LogP) is 3.81. The van der Waals surface area contributed by atoms with E-state index in [-0.39, 0.29) is 31.6 Å². The Hall–Kier alpha value is -2.97. The molecule has 4 rings (SSSR count). The highest BCUT2D eigenvalue weighted by molar-refractivity contribution is 5.99. The molecule has 1 aromatic carbocycles. The quantitative estimate of drug-likeness (QED) is 0.262. The molecule has 0 aliphatic carbocycles. The van der Waals surface area contributed by atoms with Crippen molar-refractivity contribution in [2.75, 3.05) is 19.8 Å². The second-order valence-electron chi connectivity index (χ2n) is 11.8. The lowest BCUT2D eigenvalue weighted by Crippen LogP contribution is -2.60. The minimum Gasteiger partial charge on any atom is -0.465 e. The fraction of sp³-hybridized carbons (Fsp3) is 0.581. The second kappa shape index (κ2) is 10.9. The first-order valence-corrected chi connectivity index (χ1v) is 13.9. The number of nitrogens with zero attached hydrogens (tertiary/aromatic N) is 2. The van der Waals surface area contributed by atoms with Gasteiger partial charge in [0.1, 0.15) is 17.6 Å². The molecule has 2 amide bonds. The number of carbonyl (C=O) groups is 3. The molecule has 0 radical (unpaired) electrons. The van der Waals surface area contributed by atoms with E-state index in [1.807, 2.05) is 58.0 Å². The fourth-order valence-corrected chi connectivity index (χ4v) is 6.96. The monoisotopic (exact) mass is 538 g/mol. The van der Waals surface area contributed by atoms with Crippen LogP contribution in [0.2, 0.25) is 0 Å². The van der Waals surface area contributed by atoms with E-state index < -0.39 is 46.6 Å². The minimum absolute atomic E-state index is 0.166. The van der Waals surface area contributed by atoms with Crippen LogP contribution in [0.25, 0.3) is 0 Å². The van der Waals surface area contributed by atoms with E-state index in [1.165, 1.54) is 4.90 Å². The molecule has 1 N–H and O–H groups in total. The Morgan fingerprint density at radius 2 is 1.92 bits per heavy atom. The van der Waals surface area contributed by atoms with Gasteiger partial charge < -0.3 is 24.4 Å². The number of carbonyl (C=O) groups excluding carboxylic acids is 3. The van der Waals surface area contributed by atoms with Gasteiger partial charge >= 0.3 is 5.97 Å². The first kappa shape index (κ1) is 29.0. The van der Waals surface area contributed by atoms with Gasteiger partial charge in [-0.05, 0) is 52.0 Å². The molecule has 0 aromatic heterocycles. The van der Waals surface area contributed by atoms with E-state index in [9.17, 15) is 19.5 Å². The van der Waals surface area contributed by atoms with Crippen molar-refractivity contribution in [2.45, 2.75) is 82.2 Å². The molecule has 3 aliphatic rings. The Morgan fingerprint density at radius 1 is 1.23 bits per heavy atom. The average molecular weight is 539 g/mol.